The van der Waals surface area contributed by atoms with Gasteiger partial charge < -0.3 is 14.6 Å². The number of amides is 1. The minimum atomic E-state index is -0.0398. The number of ether oxygens (including phenoxy) is 1. The second kappa shape index (κ2) is 6.49. The van der Waals surface area contributed by atoms with Gasteiger partial charge in [-0.2, -0.15) is 5.10 Å². The SMILES string of the molecule is COc1cc(C(=O)N2CCc3nc(-c4cn[nH]c4)[nH]c3C2)c2ccccc2n1. The van der Waals surface area contributed by atoms with Crippen LogP contribution in [-0.4, -0.2) is 49.6 Å². The fraction of sp³-hybridized carbons (Fsp3) is 0.200. The lowest BCUT2D eigenvalue weighted by atomic mass is 10.1. The number of nitrogens with zero attached hydrogens (tertiary/aromatic N) is 4. The molecule has 1 amide bonds. The van der Waals surface area contributed by atoms with Gasteiger partial charge in [0.1, 0.15) is 5.82 Å². The number of hydrogen-bond acceptors (Lipinski definition) is 5. The van der Waals surface area contributed by atoms with E-state index in [1.807, 2.05) is 29.2 Å². The Morgan fingerprint density at radius 3 is 2.96 bits per heavy atom. The van der Waals surface area contributed by atoms with E-state index in [0.29, 0.717) is 31.0 Å². The van der Waals surface area contributed by atoms with Crippen molar-refractivity contribution < 1.29 is 9.53 Å². The highest BCUT2D eigenvalue weighted by Crippen LogP contribution is 2.27. The number of H-pyrrole nitrogens is 2. The van der Waals surface area contributed by atoms with Gasteiger partial charge in [-0.15, -0.1) is 0 Å². The van der Waals surface area contributed by atoms with Gasteiger partial charge in [-0.25, -0.2) is 9.97 Å². The molecule has 5 rings (SSSR count). The average Bonchev–Trinajstić information content (AvgIpc) is 3.41. The largest absolute Gasteiger partial charge is 0.481 e. The van der Waals surface area contributed by atoms with Crippen molar-refractivity contribution in [2.45, 2.75) is 13.0 Å². The predicted octanol–water partition coefficient (Wildman–Crippen LogP) is 2.56. The molecule has 28 heavy (non-hydrogen) atoms. The van der Waals surface area contributed by atoms with Gasteiger partial charge in [-0.1, -0.05) is 18.2 Å². The number of pyridine rings is 1. The van der Waals surface area contributed by atoms with Crippen molar-refractivity contribution in [1.82, 2.24) is 30.0 Å². The van der Waals surface area contributed by atoms with Crippen LogP contribution in [0.5, 0.6) is 5.88 Å². The first-order valence-corrected chi connectivity index (χ1v) is 9.03. The summed E-state index contributed by atoms with van der Waals surface area (Å²) < 4.78 is 5.29. The number of benzene rings is 1. The Bertz CT molecular complexity index is 1160. The number of methoxy groups -OCH3 is 1. The molecule has 1 aromatic carbocycles. The van der Waals surface area contributed by atoms with E-state index < -0.39 is 0 Å². The van der Waals surface area contributed by atoms with Crippen molar-refractivity contribution >= 4 is 16.8 Å². The molecule has 0 saturated carbocycles. The topological polar surface area (TPSA) is 99.8 Å². The van der Waals surface area contributed by atoms with E-state index in [4.69, 9.17) is 4.74 Å². The number of rotatable bonds is 3. The maximum absolute atomic E-state index is 13.3. The molecule has 0 fully saturated rings. The Labute approximate surface area is 160 Å². The zero-order chi connectivity index (χ0) is 19.1. The van der Waals surface area contributed by atoms with Gasteiger partial charge >= 0.3 is 0 Å². The summed E-state index contributed by atoms with van der Waals surface area (Å²) in [5, 5.41) is 7.58. The van der Waals surface area contributed by atoms with Crippen LogP contribution in [0.15, 0.2) is 42.7 Å². The molecule has 8 nitrogen and oxygen atoms in total. The number of carbonyl (C=O) groups excluding carboxylic acids is 1. The lowest BCUT2D eigenvalue weighted by Gasteiger charge is -2.26. The second-order valence-electron chi connectivity index (χ2n) is 6.70. The van der Waals surface area contributed by atoms with Crippen molar-refractivity contribution in [3.05, 3.63) is 59.7 Å². The van der Waals surface area contributed by atoms with E-state index in [1.54, 1.807) is 25.6 Å². The first-order chi connectivity index (χ1) is 13.7. The number of fused-ring (bicyclic) bond motifs is 2. The maximum Gasteiger partial charge on any atom is 0.255 e. The summed E-state index contributed by atoms with van der Waals surface area (Å²) in [5.41, 5.74) is 4.20. The van der Waals surface area contributed by atoms with E-state index >= 15 is 0 Å². The molecular formula is C20H18N6O2. The van der Waals surface area contributed by atoms with Crippen LogP contribution >= 0.6 is 0 Å². The Balaban J connectivity index is 1.48. The van der Waals surface area contributed by atoms with Gasteiger partial charge in [0.05, 0.1) is 47.9 Å². The summed E-state index contributed by atoms with van der Waals surface area (Å²) in [7, 11) is 1.56. The zero-order valence-electron chi connectivity index (χ0n) is 15.3. The van der Waals surface area contributed by atoms with Crippen molar-refractivity contribution in [2.75, 3.05) is 13.7 Å². The minimum absolute atomic E-state index is 0.0398. The van der Waals surface area contributed by atoms with Crippen LogP contribution in [0.1, 0.15) is 21.7 Å². The molecule has 2 N–H and O–H groups in total. The summed E-state index contributed by atoms with van der Waals surface area (Å²) >= 11 is 0. The predicted molar refractivity (Wildman–Crippen MR) is 103 cm³/mol. The van der Waals surface area contributed by atoms with E-state index in [9.17, 15) is 4.79 Å². The van der Waals surface area contributed by atoms with Crippen LogP contribution in [0, 0.1) is 0 Å². The van der Waals surface area contributed by atoms with E-state index in [2.05, 4.69) is 25.1 Å². The molecule has 4 aromatic rings. The summed E-state index contributed by atoms with van der Waals surface area (Å²) in [4.78, 5) is 27.6. The number of hydrogen-bond donors (Lipinski definition) is 2. The average molecular weight is 374 g/mol. The molecule has 0 unspecified atom stereocenters. The Hall–Kier alpha value is -3.68. The van der Waals surface area contributed by atoms with Crippen LogP contribution in [0.4, 0.5) is 0 Å². The molecule has 1 aliphatic rings. The van der Waals surface area contributed by atoms with Gasteiger partial charge in [0.25, 0.3) is 5.91 Å². The summed E-state index contributed by atoms with van der Waals surface area (Å²) in [5.74, 6) is 1.16. The molecule has 1 aliphatic heterocycles. The molecule has 0 spiro atoms. The Morgan fingerprint density at radius 1 is 1.25 bits per heavy atom. The Morgan fingerprint density at radius 2 is 2.14 bits per heavy atom. The lowest BCUT2D eigenvalue weighted by molar-refractivity contribution is 0.0733. The highest BCUT2D eigenvalue weighted by Gasteiger charge is 2.26. The van der Waals surface area contributed by atoms with Crippen molar-refractivity contribution in [3.8, 4) is 17.3 Å². The molecule has 0 atom stereocenters. The molecule has 3 aromatic heterocycles. The molecule has 8 heteroatoms. The van der Waals surface area contributed by atoms with Crippen LogP contribution in [0.3, 0.4) is 0 Å². The fourth-order valence-corrected chi connectivity index (χ4v) is 3.59. The highest BCUT2D eigenvalue weighted by atomic mass is 16.5. The van der Waals surface area contributed by atoms with Gasteiger partial charge in [-0.3, -0.25) is 9.89 Å². The highest BCUT2D eigenvalue weighted by molar-refractivity contribution is 6.06. The van der Waals surface area contributed by atoms with E-state index in [0.717, 1.165) is 33.7 Å². The van der Waals surface area contributed by atoms with Gasteiger partial charge in [0.2, 0.25) is 5.88 Å². The molecule has 0 aliphatic carbocycles. The summed E-state index contributed by atoms with van der Waals surface area (Å²) in [6.45, 7) is 1.10. The van der Waals surface area contributed by atoms with Gasteiger partial charge in [-0.05, 0) is 6.07 Å². The monoisotopic (exact) mass is 374 g/mol. The molecule has 140 valence electrons. The minimum Gasteiger partial charge on any atom is -0.481 e. The third-order valence-electron chi connectivity index (χ3n) is 5.02. The molecule has 4 heterocycles. The third-order valence-corrected chi connectivity index (χ3v) is 5.02. The number of aromatic amines is 2. The van der Waals surface area contributed by atoms with Gasteiger partial charge in [0.15, 0.2) is 0 Å². The van der Waals surface area contributed by atoms with Crippen LogP contribution in [0.25, 0.3) is 22.3 Å². The third kappa shape index (κ3) is 2.70. The number of carbonyl (C=O) groups is 1. The van der Waals surface area contributed by atoms with Crippen molar-refractivity contribution in [1.29, 1.82) is 0 Å². The number of nitrogens with one attached hydrogen (secondary N) is 2. The Kier molecular flexibility index (Phi) is 3.82. The molecule has 0 saturated heterocycles. The standard InChI is InChI=1S/C20H18N6O2/c1-28-18-8-14(13-4-2-3-5-15(13)23-18)20(27)26-7-6-16-17(11-26)25-19(24-16)12-9-21-22-10-12/h2-5,8-10H,6-7,11H2,1H3,(H,21,22)(H,24,25). The van der Waals surface area contributed by atoms with Gasteiger partial charge in [0, 0.05) is 30.6 Å². The van der Waals surface area contributed by atoms with E-state index in [1.165, 1.54) is 0 Å². The normalized spacial score (nSPS) is 13.5. The number of para-hydroxylation sites is 1. The summed E-state index contributed by atoms with van der Waals surface area (Å²) in [6, 6.07) is 9.32. The van der Waals surface area contributed by atoms with Crippen LogP contribution in [0.2, 0.25) is 0 Å². The van der Waals surface area contributed by atoms with Crippen LogP contribution < -0.4 is 4.74 Å². The van der Waals surface area contributed by atoms with Crippen LogP contribution in [-0.2, 0) is 13.0 Å². The van der Waals surface area contributed by atoms with E-state index in [-0.39, 0.29) is 5.91 Å². The lowest BCUT2D eigenvalue weighted by Crippen LogP contribution is -2.36. The first-order valence-electron chi connectivity index (χ1n) is 9.03. The first kappa shape index (κ1) is 16.5. The zero-order valence-corrected chi connectivity index (χ0v) is 15.3. The number of imidazole rings is 1. The fourth-order valence-electron chi connectivity index (χ4n) is 3.59. The molecule has 0 bridgehead atoms. The molecule has 0 radical (unpaired) electrons. The van der Waals surface area contributed by atoms with Crippen molar-refractivity contribution in [2.24, 2.45) is 0 Å². The second-order valence-corrected chi connectivity index (χ2v) is 6.70. The summed E-state index contributed by atoms with van der Waals surface area (Å²) in [6.07, 6.45) is 4.22. The smallest absolute Gasteiger partial charge is 0.255 e. The number of aromatic nitrogens is 5. The van der Waals surface area contributed by atoms with Crippen molar-refractivity contribution in [3.63, 3.8) is 0 Å². The molecular weight excluding hydrogens is 356 g/mol. The quantitative estimate of drug-likeness (QED) is 0.574. The maximum atomic E-state index is 13.3.